The number of carbonyl (C=O) groups is 1. The van der Waals surface area contributed by atoms with Gasteiger partial charge in [-0.1, -0.05) is 44.8 Å². The Labute approximate surface area is 227 Å². The summed E-state index contributed by atoms with van der Waals surface area (Å²) in [6.45, 7) is 3.69. The van der Waals surface area contributed by atoms with Crippen LogP contribution in [0.15, 0.2) is 57.5 Å². The van der Waals surface area contributed by atoms with Gasteiger partial charge in [-0.25, -0.2) is 4.98 Å². The lowest BCUT2D eigenvalue weighted by Gasteiger charge is -2.31. The van der Waals surface area contributed by atoms with Gasteiger partial charge in [0.05, 0.1) is 10.7 Å². The Bertz CT molecular complexity index is 1330. The highest BCUT2D eigenvalue weighted by atomic mass is 79.9. The molecule has 1 saturated heterocycles. The minimum Gasteiger partial charge on any atom is -0.343 e. The van der Waals surface area contributed by atoms with E-state index in [2.05, 4.69) is 57.3 Å². The Kier molecular flexibility index (Phi) is 7.84. The quantitative estimate of drug-likeness (QED) is 0.227. The summed E-state index contributed by atoms with van der Waals surface area (Å²) in [6.07, 6.45) is 3.65. The van der Waals surface area contributed by atoms with Crippen LogP contribution in [0.4, 0.5) is 0 Å². The van der Waals surface area contributed by atoms with Crippen LogP contribution in [0.1, 0.15) is 47.4 Å². The maximum absolute atomic E-state index is 12.8. The number of amides is 1. The van der Waals surface area contributed by atoms with Gasteiger partial charge in [0, 0.05) is 57.3 Å². The first-order valence-electron chi connectivity index (χ1n) is 12.1. The summed E-state index contributed by atoms with van der Waals surface area (Å²) in [5.74, 6) is 1.69. The summed E-state index contributed by atoms with van der Waals surface area (Å²) in [6, 6.07) is 15.6. The summed E-state index contributed by atoms with van der Waals surface area (Å²) in [4.78, 5) is 25.4. The minimum atomic E-state index is 0.191. The Hall–Kier alpha value is -2.55. The van der Waals surface area contributed by atoms with Gasteiger partial charge in [-0.15, -0.1) is 11.3 Å². The largest absolute Gasteiger partial charge is 0.343 e. The molecular formula is C27H26BrClN4O2S. The van der Waals surface area contributed by atoms with Crippen LogP contribution >= 0.6 is 38.9 Å². The van der Waals surface area contributed by atoms with Gasteiger partial charge in [-0.3, -0.25) is 4.79 Å². The zero-order chi connectivity index (χ0) is 25.1. The smallest absolute Gasteiger partial charge is 0.226 e. The fourth-order valence-electron chi connectivity index (χ4n) is 4.46. The van der Waals surface area contributed by atoms with E-state index in [1.807, 2.05) is 17.0 Å². The van der Waals surface area contributed by atoms with Gasteiger partial charge in [-0.2, -0.15) is 4.98 Å². The number of likely N-dealkylation sites (tertiary alicyclic amines) is 1. The first kappa shape index (κ1) is 25.1. The minimum absolute atomic E-state index is 0.191. The van der Waals surface area contributed by atoms with Crippen LogP contribution in [0.3, 0.4) is 0 Å². The van der Waals surface area contributed by atoms with Crippen LogP contribution in [0, 0.1) is 6.92 Å². The standard InChI is InChI=1S/C27H26BrClN4O2S/c1-17-25(18-5-9-21(28)10-6-18)31-27(36-17)20-13-15-33(16-14-20)24(34)4-2-3-23-30-26(32-35-23)19-7-11-22(29)12-8-19/h5-12,20H,2-4,13-16H2,1H3. The third-order valence-corrected chi connectivity index (χ3v) is 8.39. The average molecular weight is 586 g/mol. The van der Waals surface area contributed by atoms with E-state index in [1.165, 1.54) is 9.88 Å². The van der Waals surface area contributed by atoms with Crippen LogP contribution < -0.4 is 0 Å². The summed E-state index contributed by atoms with van der Waals surface area (Å²) in [5.41, 5.74) is 3.07. The van der Waals surface area contributed by atoms with E-state index in [0.29, 0.717) is 41.9 Å². The number of benzene rings is 2. The number of rotatable bonds is 7. The molecule has 1 aliphatic heterocycles. The molecule has 36 heavy (non-hydrogen) atoms. The second-order valence-electron chi connectivity index (χ2n) is 8.99. The van der Waals surface area contributed by atoms with Crippen molar-refractivity contribution in [2.24, 2.45) is 0 Å². The maximum atomic E-state index is 12.8. The summed E-state index contributed by atoms with van der Waals surface area (Å²) < 4.78 is 6.43. The van der Waals surface area contributed by atoms with Crippen molar-refractivity contribution in [1.82, 2.24) is 20.0 Å². The number of hydrogen-bond donors (Lipinski definition) is 0. The van der Waals surface area contributed by atoms with Crippen molar-refractivity contribution in [2.75, 3.05) is 13.1 Å². The van der Waals surface area contributed by atoms with E-state index in [-0.39, 0.29) is 5.91 Å². The van der Waals surface area contributed by atoms with Crippen molar-refractivity contribution in [1.29, 1.82) is 0 Å². The van der Waals surface area contributed by atoms with E-state index in [0.717, 1.165) is 47.2 Å². The number of aromatic nitrogens is 3. The Morgan fingerprint density at radius 3 is 2.50 bits per heavy atom. The summed E-state index contributed by atoms with van der Waals surface area (Å²) in [5, 5.41) is 5.89. The maximum Gasteiger partial charge on any atom is 0.226 e. The molecule has 0 aliphatic carbocycles. The van der Waals surface area contributed by atoms with Crippen LogP contribution in [0.25, 0.3) is 22.6 Å². The highest BCUT2D eigenvalue weighted by Gasteiger charge is 2.26. The highest BCUT2D eigenvalue weighted by molar-refractivity contribution is 9.10. The zero-order valence-electron chi connectivity index (χ0n) is 19.9. The third kappa shape index (κ3) is 5.88. The van der Waals surface area contributed by atoms with Crippen LogP contribution in [0.2, 0.25) is 5.02 Å². The van der Waals surface area contributed by atoms with Crippen LogP contribution in [-0.4, -0.2) is 39.0 Å². The molecule has 186 valence electrons. The molecule has 1 aliphatic rings. The van der Waals surface area contributed by atoms with Crippen molar-refractivity contribution in [3.8, 4) is 22.6 Å². The van der Waals surface area contributed by atoms with Gasteiger partial charge < -0.3 is 9.42 Å². The predicted molar refractivity (Wildman–Crippen MR) is 146 cm³/mol. The second kappa shape index (κ2) is 11.2. The lowest BCUT2D eigenvalue weighted by atomic mass is 9.97. The highest BCUT2D eigenvalue weighted by Crippen LogP contribution is 2.36. The van der Waals surface area contributed by atoms with E-state index < -0.39 is 0 Å². The molecule has 3 heterocycles. The number of thiazole rings is 1. The van der Waals surface area contributed by atoms with Gasteiger partial charge in [0.15, 0.2) is 0 Å². The monoisotopic (exact) mass is 584 g/mol. The lowest BCUT2D eigenvalue weighted by molar-refractivity contribution is -0.132. The van der Waals surface area contributed by atoms with Crippen LogP contribution in [-0.2, 0) is 11.2 Å². The number of piperidine rings is 1. The first-order chi connectivity index (χ1) is 17.5. The molecule has 0 atom stereocenters. The van der Waals surface area contributed by atoms with Crippen LogP contribution in [0.5, 0.6) is 0 Å². The van der Waals surface area contributed by atoms with Gasteiger partial charge >= 0.3 is 0 Å². The van der Waals surface area contributed by atoms with Gasteiger partial charge in [-0.05, 0) is 62.6 Å². The number of carbonyl (C=O) groups excluding carboxylic acids is 1. The SMILES string of the molecule is Cc1sc(C2CCN(C(=O)CCCc3nc(-c4ccc(Cl)cc4)no3)CC2)nc1-c1ccc(Br)cc1. The molecule has 2 aromatic carbocycles. The molecule has 4 aromatic rings. The van der Waals surface area contributed by atoms with Crippen molar-refractivity contribution >= 4 is 44.8 Å². The number of hydrogen-bond acceptors (Lipinski definition) is 6. The normalized spacial score (nSPS) is 14.4. The second-order valence-corrected chi connectivity index (χ2v) is 11.6. The Balaban J connectivity index is 1.10. The zero-order valence-corrected chi connectivity index (χ0v) is 23.1. The number of aryl methyl sites for hydroxylation is 2. The molecular weight excluding hydrogens is 560 g/mol. The summed E-state index contributed by atoms with van der Waals surface area (Å²) in [7, 11) is 0. The van der Waals surface area contributed by atoms with E-state index >= 15 is 0 Å². The Morgan fingerprint density at radius 1 is 1.08 bits per heavy atom. The molecule has 1 fully saturated rings. The third-order valence-electron chi connectivity index (χ3n) is 6.48. The van der Waals surface area contributed by atoms with Gasteiger partial charge in [0.1, 0.15) is 0 Å². The van der Waals surface area contributed by atoms with E-state index in [1.54, 1.807) is 23.5 Å². The lowest BCUT2D eigenvalue weighted by Crippen LogP contribution is -2.37. The molecule has 0 N–H and O–H groups in total. The number of nitrogens with zero attached hydrogens (tertiary/aromatic N) is 4. The van der Waals surface area contributed by atoms with E-state index in [9.17, 15) is 4.79 Å². The van der Waals surface area contributed by atoms with Gasteiger partial charge in [0.25, 0.3) is 0 Å². The molecule has 1 amide bonds. The molecule has 0 bridgehead atoms. The van der Waals surface area contributed by atoms with Crippen molar-refractivity contribution in [2.45, 2.75) is 44.9 Å². The summed E-state index contributed by atoms with van der Waals surface area (Å²) >= 11 is 11.2. The topological polar surface area (TPSA) is 72.1 Å². The van der Waals surface area contributed by atoms with Crippen molar-refractivity contribution in [3.05, 3.63) is 73.8 Å². The van der Waals surface area contributed by atoms with Gasteiger partial charge in [0.2, 0.25) is 17.6 Å². The van der Waals surface area contributed by atoms with E-state index in [4.69, 9.17) is 21.1 Å². The molecule has 9 heteroatoms. The molecule has 0 radical (unpaired) electrons. The number of halogens is 2. The van der Waals surface area contributed by atoms with Crippen molar-refractivity contribution in [3.63, 3.8) is 0 Å². The fraction of sp³-hybridized carbons (Fsp3) is 0.333. The Morgan fingerprint density at radius 2 is 1.78 bits per heavy atom. The molecule has 2 aromatic heterocycles. The average Bonchev–Trinajstić information content (AvgIpc) is 3.52. The first-order valence-corrected chi connectivity index (χ1v) is 14.0. The molecule has 6 nitrogen and oxygen atoms in total. The van der Waals surface area contributed by atoms with Crippen molar-refractivity contribution < 1.29 is 9.32 Å². The molecule has 0 spiro atoms. The fourth-order valence-corrected chi connectivity index (χ4v) is 5.97. The molecule has 5 rings (SSSR count). The molecule has 0 unspecified atom stereocenters. The molecule has 0 saturated carbocycles. The predicted octanol–water partition coefficient (Wildman–Crippen LogP) is 7.31.